The number of benzene rings is 1. The molecule has 0 saturated heterocycles. The van der Waals surface area contributed by atoms with E-state index in [1.165, 1.54) is 0 Å². The lowest BCUT2D eigenvalue weighted by atomic mass is 10.1. The number of rotatable bonds is 6. The molecule has 1 aromatic heterocycles. The van der Waals surface area contributed by atoms with Crippen molar-refractivity contribution in [2.45, 2.75) is 6.04 Å². The van der Waals surface area contributed by atoms with Crippen LogP contribution in [0.25, 0.3) is 6.08 Å². The van der Waals surface area contributed by atoms with Crippen LogP contribution in [0, 0.1) is 0 Å². The van der Waals surface area contributed by atoms with Crippen molar-refractivity contribution in [1.29, 1.82) is 0 Å². The predicted molar refractivity (Wildman–Crippen MR) is 96.9 cm³/mol. The molecule has 0 spiro atoms. The van der Waals surface area contributed by atoms with E-state index < -0.39 is 0 Å². The second kappa shape index (κ2) is 8.27. The number of halogens is 1. The lowest BCUT2D eigenvalue weighted by Gasteiger charge is -2.22. The van der Waals surface area contributed by atoms with Crippen molar-refractivity contribution in [3.05, 3.63) is 62.8 Å². The average Bonchev–Trinajstić information content (AvgIpc) is 2.91. The van der Waals surface area contributed by atoms with Crippen molar-refractivity contribution in [1.82, 2.24) is 10.2 Å². The third-order valence-corrected chi connectivity index (χ3v) is 4.65. The molecule has 1 heterocycles. The highest BCUT2D eigenvalue weighted by molar-refractivity contribution is 9.11. The number of nitrogens with zero attached hydrogens (tertiary/aromatic N) is 1. The first kappa shape index (κ1) is 16.9. The summed E-state index contributed by atoms with van der Waals surface area (Å²) in [5, 5.41) is 3.07. The normalized spacial score (nSPS) is 12.7. The molecule has 0 aliphatic carbocycles. The number of hydrogen-bond acceptors (Lipinski definition) is 3. The maximum atomic E-state index is 12.2. The van der Waals surface area contributed by atoms with Gasteiger partial charge in [0.2, 0.25) is 5.91 Å². The molecule has 0 fully saturated rings. The first-order valence-corrected chi connectivity index (χ1v) is 8.59. The van der Waals surface area contributed by atoms with E-state index in [1.54, 1.807) is 17.4 Å². The minimum absolute atomic E-state index is 0.0246. The molecule has 0 aliphatic rings. The van der Waals surface area contributed by atoms with Gasteiger partial charge in [0.25, 0.3) is 0 Å². The average molecular weight is 379 g/mol. The Morgan fingerprint density at radius 1 is 1.27 bits per heavy atom. The summed E-state index contributed by atoms with van der Waals surface area (Å²) >= 11 is 5.01. The number of likely N-dealkylation sites (N-methyl/N-ethyl adjacent to an activating group) is 1. The van der Waals surface area contributed by atoms with Gasteiger partial charge in [-0.2, -0.15) is 0 Å². The van der Waals surface area contributed by atoms with Crippen LogP contribution in [0.15, 0.2) is 52.3 Å². The Labute approximate surface area is 143 Å². The summed E-state index contributed by atoms with van der Waals surface area (Å²) < 4.78 is 1.06. The van der Waals surface area contributed by atoms with E-state index in [4.69, 9.17) is 0 Å². The molecular formula is C17H19BrN2OS. The maximum absolute atomic E-state index is 12.2. The van der Waals surface area contributed by atoms with E-state index in [2.05, 4.69) is 26.1 Å². The molecule has 0 saturated carbocycles. The smallest absolute Gasteiger partial charge is 0.244 e. The largest absolute Gasteiger partial charge is 0.344 e. The summed E-state index contributed by atoms with van der Waals surface area (Å²) in [6.07, 6.45) is 3.42. The van der Waals surface area contributed by atoms with Crippen LogP contribution >= 0.6 is 27.3 Å². The van der Waals surface area contributed by atoms with Crippen molar-refractivity contribution >= 4 is 39.2 Å². The molecule has 2 aromatic rings. The molecule has 1 atom stereocenters. The minimum Gasteiger partial charge on any atom is -0.344 e. The molecule has 1 aromatic carbocycles. The van der Waals surface area contributed by atoms with Crippen LogP contribution in [0.5, 0.6) is 0 Å². The Morgan fingerprint density at radius 3 is 2.59 bits per heavy atom. The van der Waals surface area contributed by atoms with E-state index in [0.717, 1.165) is 20.8 Å². The Bertz CT molecular complexity index is 637. The highest BCUT2D eigenvalue weighted by atomic mass is 79.9. The summed E-state index contributed by atoms with van der Waals surface area (Å²) in [5.74, 6) is -0.0831. The van der Waals surface area contributed by atoms with Crippen LogP contribution in [0.3, 0.4) is 0 Å². The number of carbonyl (C=O) groups excluding carboxylic acids is 1. The van der Waals surface area contributed by atoms with Gasteiger partial charge in [-0.15, -0.1) is 11.3 Å². The van der Waals surface area contributed by atoms with Crippen LogP contribution in [-0.4, -0.2) is 31.4 Å². The van der Waals surface area contributed by atoms with Gasteiger partial charge in [-0.3, -0.25) is 4.79 Å². The van der Waals surface area contributed by atoms with Gasteiger partial charge in [0.05, 0.1) is 9.83 Å². The van der Waals surface area contributed by atoms with Crippen molar-refractivity contribution < 1.29 is 4.79 Å². The van der Waals surface area contributed by atoms with E-state index in [1.807, 2.05) is 62.6 Å². The topological polar surface area (TPSA) is 32.3 Å². The van der Waals surface area contributed by atoms with Crippen LogP contribution in [0.1, 0.15) is 16.5 Å². The summed E-state index contributed by atoms with van der Waals surface area (Å²) in [6, 6.07) is 14.0. The van der Waals surface area contributed by atoms with E-state index in [9.17, 15) is 4.79 Å². The quantitative estimate of drug-likeness (QED) is 0.771. The van der Waals surface area contributed by atoms with Crippen LogP contribution in [0.4, 0.5) is 0 Å². The van der Waals surface area contributed by atoms with Crippen LogP contribution in [-0.2, 0) is 4.79 Å². The molecule has 22 heavy (non-hydrogen) atoms. The fourth-order valence-corrected chi connectivity index (χ4v) is 3.41. The molecule has 0 radical (unpaired) electrons. The first-order chi connectivity index (χ1) is 10.5. The predicted octanol–water partition coefficient (Wildman–Crippen LogP) is 3.94. The molecule has 0 aliphatic heterocycles. The standard InChI is InChI=1S/C17H19BrN2OS/c1-20(2)12-15(13-6-4-3-5-7-13)19-17(21)11-9-14-8-10-16(18)22-14/h3-11,15H,12H2,1-2H3,(H,19,21)/b11-9+/t15-/m1/s1. The lowest BCUT2D eigenvalue weighted by molar-refractivity contribution is -0.117. The van der Waals surface area contributed by atoms with E-state index in [-0.39, 0.29) is 11.9 Å². The molecule has 1 N–H and O–H groups in total. The van der Waals surface area contributed by atoms with Crippen molar-refractivity contribution in [3.8, 4) is 0 Å². The number of amides is 1. The number of hydrogen-bond donors (Lipinski definition) is 1. The summed E-state index contributed by atoms with van der Waals surface area (Å²) in [5.41, 5.74) is 1.11. The van der Waals surface area contributed by atoms with Gasteiger partial charge >= 0.3 is 0 Å². The lowest BCUT2D eigenvalue weighted by Crippen LogP contribution is -2.34. The van der Waals surface area contributed by atoms with E-state index >= 15 is 0 Å². The highest BCUT2D eigenvalue weighted by Crippen LogP contribution is 2.23. The number of nitrogens with one attached hydrogen (secondary N) is 1. The van der Waals surface area contributed by atoms with Gasteiger partial charge in [0.1, 0.15) is 0 Å². The highest BCUT2D eigenvalue weighted by Gasteiger charge is 2.13. The van der Waals surface area contributed by atoms with Gasteiger partial charge < -0.3 is 10.2 Å². The third-order valence-electron chi connectivity index (χ3n) is 3.06. The van der Waals surface area contributed by atoms with Gasteiger partial charge in [-0.1, -0.05) is 30.3 Å². The SMILES string of the molecule is CN(C)C[C@@H](NC(=O)/C=C/c1ccc(Br)s1)c1ccccc1. The molecule has 1 amide bonds. The molecular weight excluding hydrogens is 360 g/mol. The fourth-order valence-electron chi connectivity index (χ4n) is 2.08. The zero-order valence-corrected chi connectivity index (χ0v) is 15.0. The molecule has 5 heteroatoms. The third kappa shape index (κ3) is 5.40. The number of carbonyl (C=O) groups is 1. The number of thiophene rings is 1. The monoisotopic (exact) mass is 378 g/mol. The van der Waals surface area contributed by atoms with Crippen LogP contribution < -0.4 is 5.32 Å². The molecule has 116 valence electrons. The van der Waals surface area contributed by atoms with Gasteiger partial charge in [0, 0.05) is 17.5 Å². The zero-order valence-electron chi connectivity index (χ0n) is 12.6. The molecule has 3 nitrogen and oxygen atoms in total. The fraction of sp³-hybridized carbons (Fsp3) is 0.235. The zero-order chi connectivity index (χ0) is 15.9. The Hall–Kier alpha value is -1.43. The van der Waals surface area contributed by atoms with Crippen molar-refractivity contribution in [3.63, 3.8) is 0 Å². The summed E-state index contributed by atoms with van der Waals surface area (Å²) in [6.45, 7) is 0.758. The maximum Gasteiger partial charge on any atom is 0.244 e. The Morgan fingerprint density at radius 2 is 2.00 bits per heavy atom. The summed E-state index contributed by atoms with van der Waals surface area (Å²) in [7, 11) is 4.00. The minimum atomic E-state index is -0.0831. The summed E-state index contributed by atoms with van der Waals surface area (Å²) in [4.78, 5) is 15.3. The Balaban J connectivity index is 2.03. The van der Waals surface area contributed by atoms with Gasteiger partial charge in [-0.25, -0.2) is 0 Å². The van der Waals surface area contributed by atoms with E-state index in [0.29, 0.717) is 0 Å². The van der Waals surface area contributed by atoms with Crippen molar-refractivity contribution in [2.24, 2.45) is 0 Å². The Kier molecular flexibility index (Phi) is 6.36. The van der Waals surface area contributed by atoms with Crippen molar-refractivity contribution in [2.75, 3.05) is 20.6 Å². The molecule has 0 unspecified atom stereocenters. The van der Waals surface area contributed by atoms with Crippen LogP contribution in [0.2, 0.25) is 0 Å². The second-order valence-corrected chi connectivity index (χ2v) is 7.70. The van der Waals surface area contributed by atoms with Gasteiger partial charge in [-0.05, 0) is 53.8 Å². The molecule has 0 bridgehead atoms. The first-order valence-electron chi connectivity index (χ1n) is 6.98. The second-order valence-electron chi connectivity index (χ2n) is 5.21. The van der Waals surface area contributed by atoms with Gasteiger partial charge in [0.15, 0.2) is 0 Å². The molecule has 2 rings (SSSR count).